The fourth-order valence-electron chi connectivity index (χ4n) is 4.26. The van der Waals surface area contributed by atoms with Crippen LogP contribution in [0, 0.1) is 0 Å². The van der Waals surface area contributed by atoms with Gasteiger partial charge < -0.3 is 15.0 Å². The van der Waals surface area contributed by atoms with Gasteiger partial charge in [-0.15, -0.1) is 5.10 Å². The summed E-state index contributed by atoms with van der Waals surface area (Å²) in [5, 5.41) is 7.72. The van der Waals surface area contributed by atoms with Crippen molar-refractivity contribution < 1.29 is 9.53 Å². The van der Waals surface area contributed by atoms with E-state index in [1.807, 2.05) is 72.8 Å². The minimum absolute atomic E-state index is 0.0887. The standard InChI is InChI=1S/C27H27N5O2/c1-34-24-14-12-22(13-15-24)31-18-16-21(17-19-31)28-27(33)25-29-26(20-8-4-2-5-9-20)32(30-25)23-10-6-3-7-11-23/h2-15,21H,16-19H2,1H3,(H,28,33). The summed E-state index contributed by atoms with van der Waals surface area (Å²) in [5.74, 6) is 1.43. The molecule has 0 bridgehead atoms. The molecule has 0 saturated carbocycles. The van der Waals surface area contributed by atoms with Crippen molar-refractivity contribution in [3.63, 3.8) is 0 Å². The number of nitrogens with zero attached hydrogens (tertiary/aromatic N) is 4. The molecule has 5 rings (SSSR count). The van der Waals surface area contributed by atoms with Crippen molar-refractivity contribution in [1.82, 2.24) is 20.1 Å². The zero-order valence-corrected chi connectivity index (χ0v) is 19.1. The normalized spacial score (nSPS) is 14.1. The number of nitrogens with one attached hydrogen (secondary N) is 1. The van der Waals surface area contributed by atoms with Crippen LogP contribution >= 0.6 is 0 Å². The highest BCUT2D eigenvalue weighted by molar-refractivity contribution is 5.91. The molecule has 7 heteroatoms. The highest BCUT2D eigenvalue weighted by Gasteiger charge is 2.24. The summed E-state index contributed by atoms with van der Waals surface area (Å²) >= 11 is 0. The SMILES string of the molecule is COc1ccc(N2CCC(NC(=O)c3nc(-c4ccccc4)n(-c4ccccc4)n3)CC2)cc1. The van der Waals surface area contributed by atoms with Crippen LogP contribution in [0.4, 0.5) is 5.69 Å². The molecule has 1 aliphatic heterocycles. The molecule has 1 saturated heterocycles. The van der Waals surface area contributed by atoms with Gasteiger partial charge in [0, 0.05) is 30.4 Å². The summed E-state index contributed by atoms with van der Waals surface area (Å²) in [6.07, 6.45) is 1.73. The summed E-state index contributed by atoms with van der Waals surface area (Å²) in [4.78, 5) is 20.0. The highest BCUT2D eigenvalue weighted by atomic mass is 16.5. The van der Waals surface area contributed by atoms with Crippen molar-refractivity contribution in [2.75, 3.05) is 25.1 Å². The number of carbonyl (C=O) groups is 1. The number of anilines is 1. The molecule has 1 amide bonds. The van der Waals surface area contributed by atoms with Crippen LogP contribution in [0.3, 0.4) is 0 Å². The Morgan fingerprint density at radius 1 is 0.882 bits per heavy atom. The Morgan fingerprint density at radius 2 is 1.53 bits per heavy atom. The summed E-state index contributed by atoms with van der Waals surface area (Å²) in [6, 6.07) is 27.8. The molecule has 0 atom stereocenters. The average Bonchev–Trinajstić information content (AvgIpc) is 3.36. The molecule has 1 fully saturated rings. The molecule has 172 valence electrons. The Kier molecular flexibility index (Phi) is 6.25. The molecule has 1 aliphatic rings. The van der Waals surface area contributed by atoms with Gasteiger partial charge in [-0.2, -0.15) is 0 Å². The maximum atomic E-state index is 13.1. The van der Waals surface area contributed by atoms with Gasteiger partial charge in [0.25, 0.3) is 5.91 Å². The molecule has 3 aromatic carbocycles. The van der Waals surface area contributed by atoms with E-state index in [9.17, 15) is 4.79 Å². The Balaban J connectivity index is 1.29. The largest absolute Gasteiger partial charge is 0.497 e. The topological polar surface area (TPSA) is 72.3 Å². The van der Waals surface area contributed by atoms with E-state index in [0.717, 1.165) is 42.9 Å². The summed E-state index contributed by atoms with van der Waals surface area (Å²) in [7, 11) is 1.67. The van der Waals surface area contributed by atoms with Crippen LogP contribution in [0.1, 0.15) is 23.5 Å². The van der Waals surface area contributed by atoms with Crippen LogP contribution in [-0.4, -0.2) is 46.9 Å². The molecular weight excluding hydrogens is 426 g/mol. The first kappa shape index (κ1) is 21.7. The molecule has 4 aromatic rings. The second-order valence-electron chi connectivity index (χ2n) is 8.31. The number of aromatic nitrogens is 3. The van der Waals surface area contributed by atoms with Gasteiger partial charge in [-0.05, 0) is 49.2 Å². The molecule has 1 aromatic heterocycles. The molecule has 0 spiro atoms. The van der Waals surface area contributed by atoms with E-state index in [-0.39, 0.29) is 17.8 Å². The molecule has 0 radical (unpaired) electrons. The third-order valence-corrected chi connectivity index (χ3v) is 6.11. The number of carbonyl (C=O) groups excluding carboxylic acids is 1. The number of amides is 1. The number of ether oxygens (including phenoxy) is 1. The van der Waals surface area contributed by atoms with Crippen molar-refractivity contribution >= 4 is 11.6 Å². The van der Waals surface area contributed by atoms with Gasteiger partial charge in [0.2, 0.25) is 5.82 Å². The fourth-order valence-corrected chi connectivity index (χ4v) is 4.26. The van der Waals surface area contributed by atoms with Gasteiger partial charge >= 0.3 is 0 Å². The number of piperidine rings is 1. The molecule has 34 heavy (non-hydrogen) atoms. The quantitative estimate of drug-likeness (QED) is 0.470. The lowest BCUT2D eigenvalue weighted by Gasteiger charge is -2.33. The van der Waals surface area contributed by atoms with Crippen LogP contribution in [0.2, 0.25) is 0 Å². The Labute approximate surface area is 199 Å². The highest BCUT2D eigenvalue weighted by Crippen LogP contribution is 2.24. The summed E-state index contributed by atoms with van der Waals surface area (Å²) in [5.41, 5.74) is 2.94. The van der Waals surface area contributed by atoms with E-state index < -0.39 is 0 Å². The first-order chi connectivity index (χ1) is 16.7. The summed E-state index contributed by atoms with van der Waals surface area (Å²) in [6.45, 7) is 1.75. The zero-order chi connectivity index (χ0) is 23.3. The minimum Gasteiger partial charge on any atom is -0.497 e. The van der Waals surface area contributed by atoms with Crippen molar-refractivity contribution in [1.29, 1.82) is 0 Å². The number of hydrogen-bond donors (Lipinski definition) is 1. The zero-order valence-electron chi connectivity index (χ0n) is 19.1. The van der Waals surface area contributed by atoms with Gasteiger partial charge in [-0.1, -0.05) is 48.5 Å². The third-order valence-electron chi connectivity index (χ3n) is 6.11. The molecule has 0 unspecified atom stereocenters. The van der Waals surface area contributed by atoms with E-state index in [4.69, 9.17) is 4.74 Å². The average molecular weight is 454 g/mol. The molecule has 0 aliphatic carbocycles. The molecular formula is C27H27N5O2. The van der Waals surface area contributed by atoms with Gasteiger partial charge in [0.1, 0.15) is 5.75 Å². The van der Waals surface area contributed by atoms with E-state index in [1.54, 1.807) is 11.8 Å². The van der Waals surface area contributed by atoms with Crippen LogP contribution in [0.5, 0.6) is 5.75 Å². The van der Waals surface area contributed by atoms with E-state index >= 15 is 0 Å². The first-order valence-corrected chi connectivity index (χ1v) is 11.5. The molecule has 1 N–H and O–H groups in total. The summed E-state index contributed by atoms with van der Waals surface area (Å²) < 4.78 is 6.98. The number of methoxy groups -OCH3 is 1. The lowest BCUT2D eigenvalue weighted by Crippen LogP contribution is -2.45. The predicted molar refractivity (Wildman–Crippen MR) is 132 cm³/mol. The maximum absolute atomic E-state index is 13.1. The van der Waals surface area contributed by atoms with Gasteiger partial charge in [-0.3, -0.25) is 4.79 Å². The lowest BCUT2D eigenvalue weighted by molar-refractivity contribution is 0.0920. The van der Waals surface area contributed by atoms with E-state index in [0.29, 0.717) is 5.82 Å². The van der Waals surface area contributed by atoms with Crippen LogP contribution in [0.15, 0.2) is 84.9 Å². The number of rotatable bonds is 6. The van der Waals surface area contributed by atoms with Crippen LogP contribution in [-0.2, 0) is 0 Å². The minimum atomic E-state index is -0.241. The number of hydrogen-bond acceptors (Lipinski definition) is 5. The van der Waals surface area contributed by atoms with E-state index in [2.05, 4.69) is 32.4 Å². The van der Waals surface area contributed by atoms with Crippen molar-refractivity contribution in [3.05, 3.63) is 90.8 Å². The molecule has 7 nitrogen and oxygen atoms in total. The smallest absolute Gasteiger partial charge is 0.291 e. The third kappa shape index (κ3) is 4.64. The Hall–Kier alpha value is -4.13. The monoisotopic (exact) mass is 453 g/mol. The number of benzene rings is 3. The van der Waals surface area contributed by atoms with Crippen LogP contribution in [0.25, 0.3) is 17.1 Å². The molecule has 2 heterocycles. The van der Waals surface area contributed by atoms with Gasteiger partial charge in [-0.25, -0.2) is 9.67 Å². The second kappa shape index (κ2) is 9.79. The fraction of sp³-hybridized carbons (Fsp3) is 0.222. The second-order valence-corrected chi connectivity index (χ2v) is 8.31. The van der Waals surface area contributed by atoms with Crippen molar-refractivity contribution in [3.8, 4) is 22.8 Å². The van der Waals surface area contributed by atoms with Crippen LogP contribution < -0.4 is 15.0 Å². The first-order valence-electron chi connectivity index (χ1n) is 11.5. The van der Waals surface area contributed by atoms with Gasteiger partial charge in [0.05, 0.1) is 12.8 Å². The predicted octanol–water partition coefficient (Wildman–Crippen LogP) is 4.34. The Bertz CT molecular complexity index is 1170. The van der Waals surface area contributed by atoms with E-state index in [1.165, 1.54) is 5.69 Å². The lowest BCUT2D eigenvalue weighted by atomic mass is 10.0. The van der Waals surface area contributed by atoms with Crippen molar-refractivity contribution in [2.45, 2.75) is 18.9 Å². The Morgan fingerprint density at radius 3 is 2.18 bits per heavy atom. The van der Waals surface area contributed by atoms with Crippen molar-refractivity contribution in [2.24, 2.45) is 0 Å². The van der Waals surface area contributed by atoms with Gasteiger partial charge in [0.15, 0.2) is 5.82 Å². The maximum Gasteiger partial charge on any atom is 0.291 e. The number of para-hydroxylation sites is 1.